The predicted molar refractivity (Wildman–Crippen MR) is 84.0 cm³/mol. The number of hydrogen-bond donors (Lipinski definition) is 2. The van der Waals surface area contributed by atoms with Crippen molar-refractivity contribution in [2.75, 3.05) is 19.6 Å². The lowest BCUT2D eigenvalue weighted by atomic mass is 10.1. The number of likely N-dealkylation sites (tertiary alicyclic amines) is 1. The Hall–Kier alpha value is -1.53. The molecule has 0 aromatic heterocycles. The first-order chi connectivity index (χ1) is 11.0. The summed E-state index contributed by atoms with van der Waals surface area (Å²) in [5.41, 5.74) is 0.000884. The van der Waals surface area contributed by atoms with Gasteiger partial charge in [0.25, 0.3) is 0 Å². The molecule has 2 N–H and O–H groups in total. The first-order valence-corrected chi connectivity index (χ1v) is 8.09. The van der Waals surface area contributed by atoms with Gasteiger partial charge in [0.15, 0.2) is 0 Å². The second-order valence-electron chi connectivity index (χ2n) is 6.15. The highest BCUT2D eigenvalue weighted by Gasteiger charge is 2.26. The van der Waals surface area contributed by atoms with Gasteiger partial charge in [-0.3, -0.25) is 9.69 Å². The maximum Gasteiger partial charge on any atom is 0.234 e. The van der Waals surface area contributed by atoms with Gasteiger partial charge in [0.05, 0.1) is 12.6 Å². The van der Waals surface area contributed by atoms with E-state index in [0.29, 0.717) is 6.42 Å². The fourth-order valence-electron chi connectivity index (χ4n) is 3.10. The molecule has 0 bridgehead atoms. The fraction of sp³-hybridized carbons (Fsp3) is 0.588. The number of nitrogens with one attached hydrogen (secondary N) is 1. The monoisotopic (exact) mass is 326 g/mol. The number of carbonyl (C=O) groups excluding carboxylic acids is 1. The predicted octanol–water partition coefficient (Wildman–Crippen LogP) is 1.86. The quantitative estimate of drug-likeness (QED) is 0.804. The van der Waals surface area contributed by atoms with Gasteiger partial charge in [-0.05, 0) is 51.3 Å². The van der Waals surface area contributed by atoms with Crippen molar-refractivity contribution in [1.29, 1.82) is 0 Å². The van der Waals surface area contributed by atoms with E-state index in [9.17, 15) is 18.7 Å². The average Bonchev–Trinajstić information content (AvgIpc) is 2.88. The average molecular weight is 326 g/mol. The maximum absolute atomic E-state index is 13.5. The molecule has 1 amide bonds. The number of carbonyl (C=O) groups is 1. The van der Waals surface area contributed by atoms with Crippen LogP contribution in [0.15, 0.2) is 18.2 Å². The zero-order valence-corrected chi connectivity index (χ0v) is 13.4. The van der Waals surface area contributed by atoms with Crippen LogP contribution in [0.5, 0.6) is 0 Å². The van der Waals surface area contributed by atoms with Crippen LogP contribution in [0.3, 0.4) is 0 Å². The Morgan fingerprint density at radius 3 is 2.78 bits per heavy atom. The van der Waals surface area contributed by atoms with Crippen molar-refractivity contribution in [2.24, 2.45) is 0 Å². The number of halogens is 2. The van der Waals surface area contributed by atoms with E-state index in [1.807, 2.05) is 0 Å². The van der Waals surface area contributed by atoms with Crippen LogP contribution >= 0.6 is 0 Å². The summed E-state index contributed by atoms with van der Waals surface area (Å²) >= 11 is 0. The number of amides is 1. The van der Waals surface area contributed by atoms with E-state index < -0.39 is 11.6 Å². The van der Waals surface area contributed by atoms with Crippen LogP contribution in [0.2, 0.25) is 0 Å². The molecule has 2 unspecified atom stereocenters. The summed E-state index contributed by atoms with van der Waals surface area (Å²) in [7, 11) is 0. The second-order valence-corrected chi connectivity index (χ2v) is 6.15. The molecule has 1 aliphatic heterocycles. The number of benzene rings is 1. The topological polar surface area (TPSA) is 52.6 Å². The molecule has 128 valence electrons. The van der Waals surface area contributed by atoms with E-state index in [1.54, 1.807) is 6.92 Å². The van der Waals surface area contributed by atoms with Gasteiger partial charge >= 0.3 is 0 Å². The molecule has 1 aliphatic rings. The first kappa shape index (κ1) is 17.8. The summed E-state index contributed by atoms with van der Waals surface area (Å²) in [6, 6.07) is 3.98. The number of hydrogen-bond acceptors (Lipinski definition) is 3. The lowest BCUT2D eigenvalue weighted by molar-refractivity contribution is -0.122. The van der Waals surface area contributed by atoms with E-state index in [0.717, 1.165) is 19.4 Å². The molecule has 0 spiro atoms. The Morgan fingerprint density at radius 2 is 2.13 bits per heavy atom. The van der Waals surface area contributed by atoms with Gasteiger partial charge in [-0.25, -0.2) is 8.78 Å². The third kappa shape index (κ3) is 5.25. The van der Waals surface area contributed by atoms with Crippen LogP contribution in [0.4, 0.5) is 8.78 Å². The minimum atomic E-state index is -0.587. The summed E-state index contributed by atoms with van der Waals surface area (Å²) in [6.45, 7) is 3.05. The number of aliphatic hydroxyl groups excluding tert-OH is 1. The van der Waals surface area contributed by atoms with Crippen molar-refractivity contribution in [3.8, 4) is 0 Å². The highest BCUT2D eigenvalue weighted by Crippen LogP contribution is 2.20. The van der Waals surface area contributed by atoms with Gasteiger partial charge in [-0.15, -0.1) is 0 Å². The number of rotatable bonds is 7. The molecule has 1 aromatic rings. The Labute approximate surface area is 135 Å². The standard InChI is InChI=1S/C17H24F2N2O2/c1-12(22)10-13-4-3-9-21(13)11-17(23)20-8-7-14-15(18)5-2-6-16(14)19/h2,5-6,12-13,22H,3-4,7-11H2,1H3,(H,20,23). The summed E-state index contributed by atoms with van der Waals surface area (Å²) in [5.74, 6) is -1.33. The van der Waals surface area contributed by atoms with E-state index in [4.69, 9.17) is 0 Å². The van der Waals surface area contributed by atoms with Crippen LogP contribution in [0.25, 0.3) is 0 Å². The molecule has 0 aliphatic carbocycles. The Balaban J connectivity index is 1.77. The molecule has 0 saturated carbocycles. The lowest BCUT2D eigenvalue weighted by Crippen LogP contribution is -2.41. The van der Waals surface area contributed by atoms with Gasteiger partial charge in [0.2, 0.25) is 5.91 Å². The fourth-order valence-corrected chi connectivity index (χ4v) is 3.10. The second kappa shape index (κ2) is 8.36. The Bertz CT molecular complexity index is 517. The van der Waals surface area contributed by atoms with Crippen LogP contribution in [-0.4, -0.2) is 47.7 Å². The van der Waals surface area contributed by atoms with Gasteiger partial charge in [0.1, 0.15) is 11.6 Å². The van der Waals surface area contributed by atoms with Crippen LogP contribution in [-0.2, 0) is 11.2 Å². The molecule has 2 atom stereocenters. The molecule has 23 heavy (non-hydrogen) atoms. The molecule has 6 heteroatoms. The molecule has 2 rings (SSSR count). The first-order valence-electron chi connectivity index (χ1n) is 8.09. The van der Waals surface area contributed by atoms with Crippen LogP contribution < -0.4 is 5.32 Å². The lowest BCUT2D eigenvalue weighted by Gasteiger charge is -2.24. The normalized spacial score (nSPS) is 19.7. The van der Waals surface area contributed by atoms with E-state index >= 15 is 0 Å². The minimum Gasteiger partial charge on any atom is -0.393 e. The minimum absolute atomic E-state index is 0.000884. The van der Waals surface area contributed by atoms with Crippen molar-refractivity contribution in [3.05, 3.63) is 35.4 Å². The van der Waals surface area contributed by atoms with Gasteiger partial charge in [0, 0.05) is 18.2 Å². The third-order valence-corrected chi connectivity index (χ3v) is 4.22. The summed E-state index contributed by atoms with van der Waals surface area (Å²) in [4.78, 5) is 14.0. The van der Waals surface area contributed by atoms with Crippen molar-refractivity contribution >= 4 is 5.91 Å². The van der Waals surface area contributed by atoms with Crippen molar-refractivity contribution in [1.82, 2.24) is 10.2 Å². The van der Waals surface area contributed by atoms with Gasteiger partial charge < -0.3 is 10.4 Å². The highest BCUT2D eigenvalue weighted by molar-refractivity contribution is 5.78. The summed E-state index contributed by atoms with van der Waals surface area (Å²) in [5, 5.41) is 12.2. The molecular formula is C17H24F2N2O2. The van der Waals surface area contributed by atoms with E-state index in [2.05, 4.69) is 10.2 Å². The Morgan fingerprint density at radius 1 is 1.43 bits per heavy atom. The highest BCUT2D eigenvalue weighted by atomic mass is 19.1. The van der Waals surface area contributed by atoms with Crippen molar-refractivity contribution in [2.45, 2.75) is 44.8 Å². The van der Waals surface area contributed by atoms with Crippen molar-refractivity contribution < 1.29 is 18.7 Å². The van der Waals surface area contributed by atoms with Gasteiger partial charge in [-0.2, -0.15) is 0 Å². The molecule has 1 aromatic carbocycles. The zero-order chi connectivity index (χ0) is 16.8. The molecule has 1 fully saturated rings. The number of nitrogens with zero attached hydrogens (tertiary/aromatic N) is 1. The largest absolute Gasteiger partial charge is 0.393 e. The zero-order valence-electron chi connectivity index (χ0n) is 13.4. The SMILES string of the molecule is CC(O)CC1CCCN1CC(=O)NCCc1c(F)cccc1F. The molecule has 0 radical (unpaired) electrons. The molecular weight excluding hydrogens is 302 g/mol. The maximum atomic E-state index is 13.5. The molecule has 1 saturated heterocycles. The third-order valence-electron chi connectivity index (χ3n) is 4.22. The smallest absolute Gasteiger partial charge is 0.234 e. The van der Waals surface area contributed by atoms with E-state index in [1.165, 1.54) is 18.2 Å². The van der Waals surface area contributed by atoms with E-state index in [-0.39, 0.29) is 43.1 Å². The van der Waals surface area contributed by atoms with Crippen molar-refractivity contribution in [3.63, 3.8) is 0 Å². The van der Waals surface area contributed by atoms with Crippen LogP contribution in [0, 0.1) is 11.6 Å². The molecule has 4 nitrogen and oxygen atoms in total. The van der Waals surface area contributed by atoms with Gasteiger partial charge in [-0.1, -0.05) is 6.07 Å². The molecule has 1 heterocycles. The summed E-state index contributed by atoms with van der Waals surface area (Å²) in [6.07, 6.45) is 2.41. The van der Waals surface area contributed by atoms with Crippen LogP contribution in [0.1, 0.15) is 31.7 Å². The Kier molecular flexibility index (Phi) is 6.47. The summed E-state index contributed by atoms with van der Waals surface area (Å²) < 4.78 is 27.0. The number of aliphatic hydroxyl groups is 1.